The van der Waals surface area contributed by atoms with E-state index in [1.165, 1.54) is 12.1 Å². The molecular weight excluding hydrogens is 258 g/mol. The zero-order valence-electron chi connectivity index (χ0n) is 11.8. The topological polar surface area (TPSA) is 41.0 Å². The maximum atomic E-state index is 12.2. The molecule has 4 nitrogen and oxygen atoms in total. The van der Waals surface area contributed by atoms with Crippen LogP contribution in [-0.2, 0) is 11.3 Å². The predicted octanol–water partition coefficient (Wildman–Crippen LogP) is 3.07. The third kappa shape index (κ3) is 3.47. The largest absolute Gasteiger partial charge is 0.343 e. The second kappa shape index (κ2) is 6.37. The molecular formula is C14H23N3OS. The van der Waals surface area contributed by atoms with Gasteiger partial charge in [-0.1, -0.05) is 13.8 Å². The van der Waals surface area contributed by atoms with Crippen LogP contribution in [0.1, 0.15) is 51.1 Å². The molecule has 1 aliphatic rings. The van der Waals surface area contributed by atoms with E-state index in [0.717, 1.165) is 30.7 Å². The number of piperidine rings is 1. The Labute approximate surface area is 119 Å². The minimum Gasteiger partial charge on any atom is -0.343 e. The van der Waals surface area contributed by atoms with Crippen molar-refractivity contribution in [1.82, 2.24) is 14.5 Å². The van der Waals surface area contributed by atoms with Crippen molar-refractivity contribution in [2.75, 3.05) is 13.1 Å². The lowest BCUT2D eigenvalue weighted by molar-refractivity contribution is -0.132. The Morgan fingerprint density at radius 3 is 2.68 bits per heavy atom. The summed E-state index contributed by atoms with van der Waals surface area (Å²) in [4.78, 5) is 17.2. The SMILES string of the molecule is CC(C)c1c[nH]c(=S)n1CCC(=O)N1CCCCC1. The Morgan fingerprint density at radius 2 is 2.05 bits per heavy atom. The van der Waals surface area contributed by atoms with Crippen LogP contribution in [0.3, 0.4) is 0 Å². The first-order chi connectivity index (χ1) is 9.09. The number of hydrogen-bond acceptors (Lipinski definition) is 2. The van der Waals surface area contributed by atoms with Crippen LogP contribution in [0.5, 0.6) is 0 Å². The predicted molar refractivity (Wildman–Crippen MR) is 78.8 cm³/mol. The highest BCUT2D eigenvalue weighted by molar-refractivity contribution is 7.71. The zero-order chi connectivity index (χ0) is 13.8. The number of nitrogens with one attached hydrogen (secondary N) is 1. The van der Waals surface area contributed by atoms with E-state index in [4.69, 9.17) is 12.2 Å². The summed E-state index contributed by atoms with van der Waals surface area (Å²) >= 11 is 5.28. The second-order valence-electron chi connectivity index (χ2n) is 5.52. The van der Waals surface area contributed by atoms with Crippen molar-refractivity contribution >= 4 is 18.1 Å². The van der Waals surface area contributed by atoms with E-state index in [-0.39, 0.29) is 5.91 Å². The number of aromatic nitrogens is 2. The molecule has 1 N–H and O–H groups in total. The van der Waals surface area contributed by atoms with Crippen molar-refractivity contribution in [3.63, 3.8) is 0 Å². The Kier molecular flexibility index (Phi) is 4.80. The van der Waals surface area contributed by atoms with Crippen molar-refractivity contribution in [3.8, 4) is 0 Å². The summed E-state index contributed by atoms with van der Waals surface area (Å²) in [5, 5.41) is 0. The van der Waals surface area contributed by atoms with Gasteiger partial charge in [0.15, 0.2) is 4.77 Å². The number of nitrogens with zero attached hydrogens (tertiary/aromatic N) is 2. The number of carbonyl (C=O) groups excluding carboxylic acids is 1. The van der Waals surface area contributed by atoms with E-state index in [9.17, 15) is 4.79 Å². The van der Waals surface area contributed by atoms with Gasteiger partial charge >= 0.3 is 0 Å². The normalized spacial score (nSPS) is 16.1. The fourth-order valence-electron chi connectivity index (χ4n) is 2.63. The summed E-state index contributed by atoms with van der Waals surface area (Å²) < 4.78 is 2.78. The maximum Gasteiger partial charge on any atom is 0.224 e. The molecule has 0 spiro atoms. The van der Waals surface area contributed by atoms with Gasteiger partial charge in [0.1, 0.15) is 0 Å². The summed E-state index contributed by atoms with van der Waals surface area (Å²) in [6.07, 6.45) is 6.05. The molecule has 1 saturated heterocycles. The first-order valence-electron chi connectivity index (χ1n) is 7.15. The van der Waals surface area contributed by atoms with E-state index < -0.39 is 0 Å². The summed E-state index contributed by atoms with van der Waals surface area (Å²) in [6, 6.07) is 0. The van der Waals surface area contributed by atoms with Gasteiger partial charge in [-0.25, -0.2) is 0 Å². The number of amides is 1. The number of carbonyl (C=O) groups is 1. The van der Waals surface area contributed by atoms with Crippen molar-refractivity contribution in [2.45, 2.75) is 52.0 Å². The fourth-order valence-corrected chi connectivity index (χ4v) is 2.88. The van der Waals surface area contributed by atoms with Crippen molar-refractivity contribution in [1.29, 1.82) is 0 Å². The van der Waals surface area contributed by atoms with Crippen LogP contribution in [0, 0.1) is 4.77 Å². The third-order valence-electron chi connectivity index (χ3n) is 3.75. The monoisotopic (exact) mass is 281 g/mol. The zero-order valence-corrected chi connectivity index (χ0v) is 12.6. The standard InChI is InChI=1S/C14H23N3OS/c1-11(2)12-10-15-14(19)17(12)9-6-13(18)16-7-4-3-5-8-16/h10-11H,3-9H2,1-2H3,(H,15,19). The molecule has 19 heavy (non-hydrogen) atoms. The first-order valence-corrected chi connectivity index (χ1v) is 7.56. The van der Waals surface area contributed by atoms with Gasteiger partial charge < -0.3 is 14.5 Å². The summed E-state index contributed by atoms with van der Waals surface area (Å²) in [5.74, 6) is 0.676. The highest BCUT2D eigenvalue weighted by Crippen LogP contribution is 2.16. The highest BCUT2D eigenvalue weighted by Gasteiger charge is 2.17. The number of hydrogen-bond donors (Lipinski definition) is 1. The summed E-state index contributed by atoms with van der Waals surface area (Å²) in [7, 11) is 0. The average Bonchev–Trinajstić information content (AvgIpc) is 2.78. The van der Waals surface area contributed by atoms with Gasteiger partial charge in [-0.05, 0) is 37.4 Å². The molecule has 5 heteroatoms. The highest BCUT2D eigenvalue weighted by atomic mass is 32.1. The van der Waals surface area contributed by atoms with E-state index in [1.807, 2.05) is 11.1 Å². The molecule has 1 aliphatic heterocycles. The second-order valence-corrected chi connectivity index (χ2v) is 5.90. The van der Waals surface area contributed by atoms with E-state index in [1.54, 1.807) is 0 Å². The Bertz CT molecular complexity index is 483. The molecule has 1 fully saturated rings. The molecule has 0 aliphatic carbocycles. The Morgan fingerprint density at radius 1 is 1.37 bits per heavy atom. The summed E-state index contributed by atoms with van der Waals surface area (Å²) in [5.41, 5.74) is 1.18. The van der Waals surface area contributed by atoms with E-state index in [0.29, 0.717) is 18.9 Å². The molecule has 0 unspecified atom stereocenters. The summed E-state index contributed by atoms with van der Waals surface area (Å²) in [6.45, 7) is 6.82. The lowest BCUT2D eigenvalue weighted by atomic mass is 10.1. The minimum absolute atomic E-state index is 0.262. The molecule has 0 aromatic carbocycles. The number of H-pyrrole nitrogens is 1. The van der Waals surface area contributed by atoms with Gasteiger partial charge in [0.2, 0.25) is 5.91 Å². The van der Waals surface area contributed by atoms with Crippen LogP contribution in [-0.4, -0.2) is 33.4 Å². The van der Waals surface area contributed by atoms with Crippen LogP contribution in [0.15, 0.2) is 6.20 Å². The average molecular weight is 281 g/mol. The van der Waals surface area contributed by atoms with Gasteiger partial charge in [0.05, 0.1) is 0 Å². The van der Waals surface area contributed by atoms with Crippen LogP contribution >= 0.6 is 12.2 Å². The van der Waals surface area contributed by atoms with Gasteiger partial charge in [-0.15, -0.1) is 0 Å². The number of aromatic amines is 1. The molecule has 1 aromatic heterocycles. The van der Waals surface area contributed by atoms with Crippen LogP contribution < -0.4 is 0 Å². The van der Waals surface area contributed by atoms with E-state index in [2.05, 4.69) is 23.4 Å². The molecule has 0 radical (unpaired) electrons. The maximum absolute atomic E-state index is 12.2. The van der Waals surface area contributed by atoms with Gasteiger partial charge in [-0.3, -0.25) is 4.79 Å². The Hall–Kier alpha value is -1.10. The smallest absolute Gasteiger partial charge is 0.224 e. The molecule has 0 atom stereocenters. The molecule has 0 saturated carbocycles. The third-order valence-corrected chi connectivity index (χ3v) is 4.09. The number of imidazole rings is 1. The first kappa shape index (κ1) is 14.3. The van der Waals surface area contributed by atoms with Crippen molar-refractivity contribution < 1.29 is 4.79 Å². The molecule has 2 rings (SSSR count). The van der Waals surface area contributed by atoms with Crippen LogP contribution in [0.4, 0.5) is 0 Å². The van der Waals surface area contributed by atoms with Crippen LogP contribution in [0.2, 0.25) is 0 Å². The molecule has 1 aromatic rings. The molecule has 106 valence electrons. The fraction of sp³-hybridized carbons (Fsp3) is 0.714. The number of rotatable bonds is 4. The van der Waals surface area contributed by atoms with Crippen molar-refractivity contribution in [3.05, 3.63) is 16.7 Å². The van der Waals surface area contributed by atoms with Crippen LogP contribution in [0.25, 0.3) is 0 Å². The molecule has 1 amide bonds. The lowest BCUT2D eigenvalue weighted by Crippen LogP contribution is -2.36. The Balaban J connectivity index is 1.96. The number of likely N-dealkylation sites (tertiary alicyclic amines) is 1. The van der Waals surface area contributed by atoms with E-state index >= 15 is 0 Å². The quantitative estimate of drug-likeness (QED) is 0.862. The lowest BCUT2D eigenvalue weighted by Gasteiger charge is -2.27. The minimum atomic E-state index is 0.262. The van der Waals surface area contributed by atoms with Gasteiger partial charge in [0, 0.05) is 37.9 Å². The van der Waals surface area contributed by atoms with Crippen molar-refractivity contribution in [2.24, 2.45) is 0 Å². The molecule has 2 heterocycles. The molecule has 0 bridgehead atoms. The van der Waals surface area contributed by atoms with Gasteiger partial charge in [-0.2, -0.15) is 0 Å². The van der Waals surface area contributed by atoms with Gasteiger partial charge in [0.25, 0.3) is 0 Å².